The summed E-state index contributed by atoms with van der Waals surface area (Å²) in [5.74, 6) is -1.78. The van der Waals surface area contributed by atoms with E-state index in [1.807, 2.05) is 0 Å². The first-order chi connectivity index (χ1) is 13.3. The molecule has 0 atom stereocenters. The number of alkyl halides is 3. The molecular weight excluding hydrogens is 378 g/mol. The highest BCUT2D eigenvalue weighted by molar-refractivity contribution is 5.91. The first-order valence-corrected chi connectivity index (χ1v) is 8.75. The molecule has 1 amide bonds. The number of amides is 1. The molecule has 5 nitrogen and oxygen atoms in total. The van der Waals surface area contributed by atoms with E-state index in [1.165, 1.54) is 17.0 Å². The predicted octanol–water partition coefficient (Wildman–Crippen LogP) is 3.51. The third kappa shape index (κ3) is 3.19. The lowest BCUT2D eigenvalue weighted by molar-refractivity contribution is -0.137. The fraction of sp³-hybridized carbons (Fsp3) is 0.368. The Labute approximate surface area is 158 Å². The van der Waals surface area contributed by atoms with Crippen LogP contribution in [0.15, 0.2) is 36.7 Å². The van der Waals surface area contributed by atoms with E-state index in [0.29, 0.717) is 30.9 Å². The molecule has 3 heterocycles. The van der Waals surface area contributed by atoms with E-state index in [-0.39, 0.29) is 19.1 Å². The normalized spacial score (nSPS) is 17.2. The summed E-state index contributed by atoms with van der Waals surface area (Å²) >= 11 is 0. The number of carbonyl (C=O) groups is 1. The summed E-state index contributed by atoms with van der Waals surface area (Å²) in [5.41, 5.74) is 2.22. The van der Waals surface area contributed by atoms with Crippen molar-refractivity contribution in [2.45, 2.75) is 25.2 Å². The monoisotopic (exact) mass is 395 g/mol. The Hall–Kier alpha value is -2.68. The molecule has 2 aromatic rings. The van der Waals surface area contributed by atoms with Gasteiger partial charge in [0.2, 0.25) is 0 Å². The lowest BCUT2D eigenvalue weighted by Crippen LogP contribution is -2.51. The summed E-state index contributed by atoms with van der Waals surface area (Å²) in [6.07, 6.45) is -3.81. The van der Waals surface area contributed by atoms with Crippen LogP contribution in [0.4, 0.5) is 17.6 Å². The number of halogens is 4. The predicted molar refractivity (Wildman–Crippen MR) is 91.9 cm³/mol. The SMILES string of the molecule is C=C(F)C(=O)N1CC(n2nc3c(c2-c2ccc(C(F)(F)F)cc2)COCC3)C1. The van der Waals surface area contributed by atoms with Gasteiger partial charge in [0.15, 0.2) is 5.83 Å². The standard InChI is InChI=1S/C19H17F4N3O2/c1-11(20)18(27)25-8-14(9-25)26-17(15-10-28-7-6-16(15)24-26)12-2-4-13(5-3-12)19(21,22)23/h2-5,14H,1,6-10H2. The largest absolute Gasteiger partial charge is 0.416 e. The summed E-state index contributed by atoms with van der Waals surface area (Å²) in [5, 5.41) is 4.62. The van der Waals surface area contributed by atoms with E-state index in [4.69, 9.17) is 4.74 Å². The molecule has 2 aliphatic heterocycles. The molecule has 1 saturated heterocycles. The molecule has 4 rings (SSSR count). The third-order valence-corrected chi connectivity index (χ3v) is 5.03. The number of aromatic nitrogens is 2. The topological polar surface area (TPSA) is 47.4 Å². The maximum absolute atomic E-state index is 13.0. The van der Waals surface area contributed by atoms with Gasteiger partial charge in [0.1, 0.15) is 0 Å². The lowest BCUT2D eigenvalue weighted by Gasteiger charge is -2.39. The number of benzene rings is 1. The van der Waals surface area contributed by atoms with Crippen molar-refractivity contribution in [2.75, 3.05) is 19.7 Å². The number of nitrogens with zero attached hydrogens (tertiary/aromatic N) is 3. The summed E-state index contributed by atoms with van der Waals surface area (Å²) < 4.78 is 58.9. The van der Waals surface area contributed by atoms with Crippen LogP contribution in [0, 0.1) is 0 Å². The van der Waals surface area contributed by atoms with E-state index in [2.05, 4.69) is 11.7 Å². The van der Waals surface area contributed by atoms with Crippen molar-refractivity contribution in [2.24, 2.45) is 0 Å². The molecular formula is C19H17F4N3O2. The smallest absolute Gasteiger partial charge is 0.376 e. The lowest BCUT2D eigenvalue weighted by atomic mass is 10.0. The van der Waals surface area contributed by atoms with Gasteiger partial charge in [0.25, 0.3) is 5.91 Å². The van der Waals surface area contributed by atoms with Gasteiger partial charge in [-0.1, -0.05) is 18.7 Å². The zero-order valence-corrected chi connectivity index (χ0v) is 14.8. The van der Waals surface area contributed by atoms with Gasteiger partial charge in [-0.25, -0.2) is 4.39 Å². The van der Waals surface area contributed by atoms with Gasteiger partial charge in [-0.3, -0.25) is 9.48 Å². The van der Waals surface area contributed by atoms with Crippen molar-refractivity contribution < 1.29 is 27.1 Å². The van der Waals surface area contributed by atoms with Crippen LogP contribution in [0.2, 0.25) is 0 Å². The molecule has 1 fully saturated rings. The molecule has 0 spiro atoms. The highest BCUT2D eigenvalue weighted by Gasteiger charge is 2.37. The van der Waals surface area contributed by atoms with Gasteiger partial charge >= 0.3 is 6.18 Å². The van der Waals surface area contributed by atoms with E-state index in [9.17, 15) is 22.4 Å². The molecule has 0 saturated carbocycles. The minimum atomic E-state index is -4.41. The van der Waals surface area contributed by atoms with E-state index >= 15 is 0 Å². The first kappa shape index (κ1) is 18.7. The van der Waals surface area contributed by atoms with Crippen LogP contribution in [-0.2, 0) is 28.7 Å². The van der Waals surface area contributed by atoms with Crippen molar-refractivity contribution >= 4 is 5.91 Å². The molecule has 0 aliphatic carbocycles. The van der Waals surface area contributed by atoms with Gasteiger partial charge in [-0.2, -0.15) is 18.3 Å². The zero-order valence-electron chi connectivity index (χ0n) is 14.8. The van der Waals surface area contributed by atoms with Crippen molar-refractivity contribution in [3.05, 3.63) is 53.5 Å². The van der Waals surface area contributed by atoms with Crippen LogP contribution in [0.5, 0.6) is 0 Å². The zero-order chi connectivity index (χ0) is 20.1. The summed E-state index contributed by atoms with van der Waals surface area (Å²) in [6.45, 7) is 4.38. The fourth-order valence-corrected chi connectivity index (χ4v) is 3.55. The third-order valence-electron chi connectivity index (χ3n) is 5.03. The highest BCUT2D eigenvalue weighted by atomic mass is 19.4. The summed E-state index contributed by atoms with van der Waals surface area (Å²) in [4.78, 5) is 13.0. The summed E-state index contributed by atoms with van der Waals surface area (Å²) in [6, 6.07) is 4.71. The van der Waals surface area contributed by atoms with Crippen LogP contribution >= 0.6 is 0 Å². The van der Waals surface area contributed by atoms with Crippen molar-refractivity contribution in [3.8, 4) is 11.3 Å². The average Bonchev–Trinajstić information content (AvgIpc) is 2.98. The Morgan fingerprint density at radius 2 is 1.89 bits per heavy atom. The number of fused-ring (bicyclic) bond motifs is 1. The van der Waals surface area contributed by atoms with Crippen molar-refractivity contribution in [3.63, 3.8) is 0 Å². The van der Waals surface area contributed by atoms with E-state index < -0.39 is 23.5 Å². The molecule has 1 aromatic carbocycles. The van der Waals surface area contributed by atoms with Crippen molar-refractivity contribution in [1.29, 1.82) is 0 Å². The van der Waals surface area contributed by atoms with Gasteiger partial charge in [0.05, 0.1) is 36.2 Å². The van der Waals surface area contributed by atoms with Crippen LogP contribution in [-0.4, -0.2) is 40.3 Å². The highest BCUT2D eigenvalue weighted by Crippen LogP contribution is 2.36. The Kier molecular flexibility index (Phi) is 4.49. The second-order valence-electron chi connectivity index (χ2n) is 6.86. The van der Waals surface area contributed by atoms with Crippen LogP contribution < -0.4 is 0 Å². The molecule has 1 aromatic heterocycles. The Bertz CT molecular complexity index is 928. The average molecular weight is 395 g/mol. The number of rotatable bonds is 3. The second kappa shape index (κ2) is 6.73. The second-order valence-corrected chi connectivity index (χ2v) is 6.86. The van der Waals surface area contributed by atoms with Crippen LogP contribution in [0.25, 0.3) is 11.3 Å². The Morgan fingerprint density at radius 3 is 2.50 bits per heavy atom. The van der Waals surface area contributed by atoms with E-state index in [0.717, 1.165) is 23.4 Å². The molecule has 28 heavy (non-hydrogen) atoms. The number of hydrogen-bond donors (Lipinski definition) is 0. The number of hydrogen-bond acceptors (Lipinski definition) is 3. The fourth-order valence-electron chi connectivity index (χ4n) is 3.55. The van der Waals surface area contributed by atoms with E-state index in [1.54, 1.807) is 4.68 Å². The Balaban J connectivity index is 1.68. The number of carbonyl (C=O) groups excluding carboxylic acids is 1. The maximum Gasteiger partial charge on any atom is 0.416 e. The molecule has 0 unspecified atom stereocenters. The molecule has 0 bridgehead atoms. The number of ether oxygens (including phenoxy) is 1. The first-order valence-electron chi connectivity index (χ1n) is 8.75. The number of likely N-dealkylation sites (tertiary alicyclic amines) is 1. The van der Waals surface area contributed by atoms with Gasteiger partial charge in [-0.05, 0) is 12.1 Å². The van der Waals surface area contributed by atoms with Crippen LogP contribution in [0.3, 0.4) is 0 Å². The minimum Gasteiger partial charge on any atom is -0.376 e. The molecule has 148 valence electrons. The summed E-state index contributed by atoms with van der Waals surface area (Å²) in [7, 11) is 0. The molecule has 0 radical (unpaired) electrons. The molecule has 0 N–H and O–H groups in total. The quantitative estimate of drug-likeness (QED) is 0.590. The van der Waals surface area contributed by atoms with Crippen molar-refractivity contribution in [1.82, 2.24) is 14.7 Å². The van der Waals surface area contributed by atoms with Gasteiger partial charge in [0, 0.05) is 30.6 Å². The van der Waals surface area contributed by atoms with Crippen LogP contribution in [0.1, 0.15) is 22.9 Å². The maximum atomic E-state index is 13.0. The molecule has 9 heteroatoms. The Morgan fingerprint density at radius 1 is 1.21 bits per heavy atom. The molecule has 2 aliphatic rings. The minimum absolute atomic E-state index is 0.189. The van der Waals surface area contributed by atoms with Gasteiger partial charge in [-0.15, -0.1) is 0 Å². The van der Waals surface area contributed by atoms with Gasteiger partial charge < -0.3 is 9.64 Å².